The minimum atomic E-state index is -1.87. The summed E-state index contributed by atoms with van der Waals surface area (Å²) in [5.74, 6) is -9.59. The summed E-state index contributed by atoms with van der Waals surface area (Å²) in [4.78, 5) is 130. The Kier molecular flexibility index (Phi) is 21.0. The predicted octanol–water partition coefficient (Wildman–Crippen LogP) is -0.929. The summed E-state index contributed by atoms with van der Waals surface area (Å²) in [6.07, 6.45) is -4.42. The molecule has 2 heterocycles. The summed E-state index contributed by atoms with van der Waals surface area (Å²) >= 11 is 0. The summed E-state index contributed by atoms with van der Waals surface area (Å²) in [7, 11) is 1.33. The maximum absolute atomic E-state index is 15.0. The molecular formula is C53H68N8O15. The van der Waals surface area contributed by atoms with Gasteiger partial charge in [-0.3, -0.25) is 38.4 Å². The number of nitrogens with zero attached hydrogens (tertiary/aromatic N) is 2. The number of carbonyl (C=O) groups is 9. The molecule has 23 nitrogen and oxygen atoms in total. The number of aliphatic hydroxyl groups excluding tert-OH is 3. The maximum Gasteiger partial charge on any atom is 0.329 e. The number of cyclic esters (lactones) is 1. The Labute approximate surface area is 439 Å². The summed E-state index contributed by atoms with van der Waals surface area (Å²) < 4.78 is 5.88. The van der Waals surface area contributed by atoms with Crippen molar-refractivity contribution in [3.05, 3.63) is 107 Å². The molecule has 0 aliphatic carbocycles. The van der Waals surface area contributed by atoms with Crippen LogP contribution in [0.5, 0.6) is 11.5 Å². The molecule has 2 aliphatic rings. The van der Waals surface area contributed by atoms with Crippen molar-refractivity contribution >= 4 is 53.2 Å². The van der Waals surface area contributed by atoms with Crippen LogP contribution in [0.25, 0.3) is 0 Å². The van der Waals surface area contributed by atoms with Gasteiger partial charge in [0.05, 0.1) is 6.61 Å². The molecule has 0 spiro atoms. The Morgan fingerprint density at radius 2 is 1.36 bits per heavy atom. The van der Waals surface area contributed by atoms with Crippen LogP contribution < -0.4 is 31.9 Å². The lowest BCUT2D eigenvalue weighted by Crippen LogP contribution is -2.64. The van der Waals surface area contributed by atoms with Crippen molar-refractivity contribution in [2.24, 2.45) is 5.92 Å². The Balaban J connectivity index is 1.57. The molecule has 0 aromatic heterocycles. The number of aryl methyl sites for hydroxylation is 1. The summed E-state index contributed by atoms with van der Waals surface area (Å²) in [5.41, 5.74) is 1.24. The number of nitrogens with one attached hydrogen (secondary N) is 6. The average Bonchev–Trinajstić information content (AvgIpc) is 3.39. The molecule has 8 amide bonds. The maximum atomic E-state index is 15.0. The predicted molar refractivity (Wildman–Crippen MR) is 272 cm³/mol. The minimum Gasteiger partial charge on any atom is -0.508 e. The highest BCUT2D eigenvalue weighted by Crippen LogP contribution is 2.26. The van der Waals surface area contributed by atoms with Gasteiger partial charge in [-0.2, -0.15) is 0 Å². The third kappa shape index (κ3) is 15.6. The van der Waals surface area contributed by atoms with Gasteiger partial charge in [-0.1, -0.05) is 74.5 Å². The van der Waals surface area contributed by atoms with Crippen LogP contribution in [0.3, 0.4) is 0 Å². The van der Waals surface area contributed by atoms with Gasteiger partial charge >= 0.3 is 5.97 Å². The number of aliphatic hydroxyl groups is 3. The lowest BCUT2D eigenvalue weighted by atomic mass is 9.95. The second-order valence-electron chi connectivity index (χ2n) is 19.1. The van der Waals surface area contributed by atoms with Crippen LogP contribution >= 0.6 is 0 Å². The van der Waals surface area contributed by atoms with E-state index >= 15 is 4.79 Å². The number of hydrogen-bond donors (Lipinski definition) is 11. The van der Waals surface area contributed by atoms with E-state index in [-0.39, 0.29) is 50.0 Å². The number of allylic oxidation sites excluding steroid dienone is 1. The first-order valence-corrected chi connectivity index (χ1v) is 24.9. The molecule has 76 heavy (non-hydrogen) atoms. The molecule has 5 rings (SSSR count). The van der Waals surface area contributed by atoms with Crippen molar-refractivity contribution in [1.82, 2.24) is 41.7 Å². The summed E-state index contributed by atoms with van der Waals surface area (Å²) in [6.45, 7) is 6.12. The van der Waals surface area contributed by atoms with Crippen molar-refractivity contribution in [2.75, 3.05) is 13.7 Å². The Morgan fingerprint density at radius 1 is 0.763 bits per heavy atom. The van der Waals surface area contributed by atoms with Crippen LogP contribution in [0.15, 0.2) is 90.6 Å². The number of hydrogen-bond acceptors (Lipinski definition) is 15. The zero-order valence-corrected chi connectivity index (χ0v) is 43.1. The van der Waals surface area contributed by atoms with Crippen LogP contribution in [-0.4, -0.2) is 163 Å². The molecule has 2 aliphatic heterocycles. The lowest BCUT2D eigenvalue weighted by Gasteiger charge is -2.43. The fourth-order valence-electron chi connectivity index (χ4n) is 8.62. The third-order valence-electron chi connectivity index (χ3n) is 13.1. The molecule has 11 N–H and O–H groups in total. The van der Waals surface area contributed by atoms with E-state index < -0.39 is 132 Å². The SMILES string of the molecule is C/C=C1\NC(=O)[C@@H](NC(=O)[C@H](CCc2ccc(O)cc2)NC(=O)[C@H](C)NC(=O)[C@H](O)CO)[C@@H](C)OC(=O)[C@H](C(C)C)NC(=O)[C@H](Cc2ccc(O)cc2)N(C)C(=O)[C@H](Cc2ccccc2)N2C(=O)[C@H](CC[C@H]2O)NC1=O. The second-order valence-corrected chi connectivity index (χ2v) is 19.1. The Hall–Kier alpha value is -7.89. The van der Waals surface area contributed by atoms with Gasteiger partial charge in [0.25, 0.3) is 17.7 Å². The van der Waals surface area contributed by atoms with Gasteiger partial charge in [0.2, 0.25) is 29.5 Å². The van der Waals surface area contributed by atoms with Crippen molar-refractivity contribution < 1.29 is 73.4 Å². The summed E-state index contributed by atoms with van der Waals surface area (Å²) in [6, 6.07) is 9.89. The van der Waals surface area contributed by atoms with E-state index in [9.17, 15) is 63.9 Å². The highest BCUT2D eigenvalue weighted by molar-refractivity contribution is 6.03. The first-order chi connectivity index (χ1) is 36.0. The molecule has 0 saturated carbocycles. The van der Waals surface area contributed by atoms with Crippen LogP contribution in [0.1, 0.15) is 70.6 Å². The first kappa shape index (κ1) is 59.0. The fraction of sp³-hybridized carbons (Fsp3) is 0.453. The van der Waals surface area contributed by atoms with Gasteiger partial charge in [0, 0.05) is 19.9 Å². The Bertz CT molecular complexity index is 2600. The number of rotatable bonds is 15. The molecule has 2 bridgehead atoms. The minimum absolute atomic E-state index is 0.0412. The third-order valence-corrected chi connectivity index (χ3v) is 13.1. The molecule has 2 fully saturated rings. The normalized spacial score (nSPS) is 23.9. The molecular weight excluding hydrogens is 989 g/mol. The van der Waals surface area contributed by atoms with E-state index in [1.54, 1.807) is 56.3 Å². The fourth-order valence-corrected chi connectivity index (χ4v) is 8.62. The van der Waals surface area contributed by atoms with Gasteiger partial charge in [0.15, 0.2) is 6.10 Å². The molecule has 3 aromatic rings. The van der Waals surface area contributed by atoms with Crippen molar-refractivity contribution in [1.29, 1.82) is 0 Å². The molecule has 410 valence electrons. The number of esters is 1. The Morgan fingerprint density at radius 3 is 1.95 bits per heavy atom. The van der Waals surface area contributed by atoms with E-state index in [0.29, 0.717) is 16.7 Å². The number of ether oxygens (including phenoxy) is 1. The monoisotopic (exact) mass is 1060 g/mol. The quantitative estimate of drug-likeness (QED) is 0.0647. The van der Waals surface area contributed by atoms with E-state index in [1.165, 1.54) is 70.3 Å². The highest BCUT2D eigenvalue weighted by Gasteiger charge is 2.45. The van der Waals surface area contributed by atoms with Crippen LogP contribution in [0, 0.1) is 5.92 Å². The number of phenolic OH excluding ortho intramolecular Hbond substituents is 2. The van der Waals surface area contributed by atoms with Crippen molar-refractivity contribution in [3.8, 4) is 11.5 Å². The van der Waals surface area contributed by atoms with Gasteiger partial charge in [-0.25, -0.2) is 4.79 Å². The largest absolute Gasteiger partial charge is 0.508 e. The molecule has 0 radical (unpaired) electrons. The molecule has 3 aromatic carbocycles. The van der Waals surface area contributed by atoms with Gasteiger partial charge < -0.3 is 72.0 Å². The number of amides is 8. The highest BCUT2D eigenvalue weighted by atomic mass is 16.5. The number of piperidine rings is 1. The first-order valence-electron chi connectivity index (χ1n) is 24.9. The van der Waals surface area contributed by atoms with Gasteiger partial charge in [-0.15, -0.1) is 0 Å². The number of phenols is 2. The summed E-state index contributed by atoms with van der Waals surface area (Å²) in [5, 5.41) is 65.5. The standard InChI is InChI=1S/C53H68N8O15/c1-7-36-46(68)57-38-23-24-42(66)61(51(38)73)40(26-32-11-9-8-10-12-32)52(74)60(6)39(25-33-15-20-35(64)21-16-33)48(70)58-43(28(2)3)53(75)76-30(5)44(50(72)55-36)59-47(69)37(22-17-31-13-18-34(63)19-14-31)56-45(67)29(4)54-49(71)41(65)27-62/h7-16,18-21,28-30,37-44,62-66H,17,22-27H2,1-6H3,(H,54,71)(H,55,72)(H,56,67)(H,57,68)(H,58,70)(H,59,69)/b36-7-/t29-,30+,37-,38-,39-,40-,41+,42+,43-,44-/m0/s1. The number of fused-ring (bicyclic) bond motifs is 2. The zero-order valence-electron chi connectivity index (χ0n) is 43.1. The number of benzene rings is 3. The second kappa shape index (κ2) is 27.1. The van der Waals surface area contributed by atoms with Crippen LogP contribution in [-0.2, 0) is 67.2 Å². The van der Waals surface area contributed by atoms with Crippen LogP contribution in [0.2, 0.25) is 0 Å². The lowest BCUT2D eigenvalue weighted by molar-refractivity contribution is -0.165. The topological polar surface area (TPSA) is 343 Å². The number of aromatic hydroxyl groups is 2. The van der Waals surface area contributed by atoms with Crippen molar-refractivity contribution in [3.63, 3.8) is 0 Å². The van der Waals surface area contributed by atoms with E-state index in [1.807, 2.05) is 0 Å². The smallest absolute Gasteiger partial charge is 0.329 e. The van der Waals surface area contributed by atoms with E-state index in [0.717, 1.165) is 9.80 Å². The molecule has 2 saturated heterocycles. The molecule has 0 unspecified atom stereocenters. The molecule has 10 atom stereocenters. The van der Waals surface area contributed by atoms with Gasteiger partial charge in [0.1, 0.15) is 71.8 Å². The average molecular weight is 1060 g/mol. The van der Waals surface area contributed by atoms with Gasteiger partial charge in [-0.05, 0) is 93.3 Å². The van der Waals surface area contributed by atoms with Crippen LogP contribution in [0.4, 0.5) is 0 Å². The number of carbonyl (C=O) groups excluding carboxylic acids is 9. The van der Waals surface area contributed by atoms with E-state index in [2.05, 4.69) is 31.9 Å². The zero-order chi connectivity index (χ0) is 56.0. The number of likely N-dealkylation sites (N-methyl/N-ethyl adjacent to an activating group) is 1. The van der Waals surface area contributed by atoms with E-state index in [4.69, 9.17) is 4.74 Å². The molecule has 23 heteroatoms. The van der Waals surface area contributed by atoms with Crippen molar-refractivity contribution in [2.45, 2.75) is 134 Å².